The van der Waals surface area contributed by atoms with Crippen molar-refractivity contribution < 1.29 is 9.84 Å². The van der Waals surface area contributed by atoms with Crippen LogP contribution in [0.1, 0.15) is 24.8 Å². The number of hydrogen-bond acceptors (Lipinski definition) is 3. The molecule has 0 amide bonds. The second-order valence-electron chi connectivity index (χ2n) is 4.24. The summed E-state index contributed by atoms with van der Waals surface area (Å²) in [5.41, 5.74) is 1.28. The first-order chi connectivity index (χ1) is 7.85. The number of aliphatic hydroxyl groups excluding tert-OH is 1. The fourth-order valence-corrected chi connectivity index (χ4v) is 2.05. The number of fused-ring (bicyclic) bond motifs is 1. The molecule has 1 aliphatic heterocycles. The standard InChI is InChI=1S/C13H19NO2/c1-2-11(8-15)14-7-10-9-16-13-6-4-3-5-12(10)13/h3-6,10-11,14-15H,2,7-9H2,1H3. The monoisotopic (exact) mass is 221 g/mol. The molecule has 0 spiro atoms. The zero-order valence-corrected chi connectivity index (χ0v) is 9.65. The molecule has 2 atom stereocenters. The van der Waals surface area contributed by atoms with E-state index < -0.39 is 0 Å². The van der Waals surface area contributed by atoms with Crippen LogP contribution < -0.4 is 10.1 Å². The molecular weight excluding hydrogens is 202 g/mol. The van der Waals surface area contributed by atoms with Crippen molar-refractivity contribution in [3.8, 4) is 5.75 Å². The van der Waals surface area contributed by atoms with Crippen LogP contribution in [-0.2, 0) is 0 Å². The summed E-state index contributed by atoms with van der Waals surface area (Å²) in [5.74, 6) is 1.42. The van der Waals surface area contributed by atoms with E-state index >= 15 is 0 Å². The lowest BCUT2D eigenvalue weighted by Crippen LogP contribution is -2.35. The van der Waals surface area contributed by atoms with Crippen molar-refractivity contribution in [3.63, 3.8) is 0 Å². The van der Waals surface area contributed by atoms with Gasteiger partial charge in [-0.25, -0.2) is 0 Å². The second kappa shape index (κ2) is 5.32. The van der Waals surface area contributed by atoms with Crippen LogP contribution in [0.2, 0.25) is 0 Å². The number of benzene rings is 1. The first kappa shape index (κ1) is 11.4. The van der Waals surface area contributed by atoms with Gasteiger partial charge in [-0.3, -0.25) is 0 Å². The van der Waals surface area contributed by atoms with Crippen LogP contribution in [0.4, 0.5) is 0 Å². The summed E-state index contributed by atoms with van der Waals surface area (Å²) >= 11 is 0. The molecule has 1 heterocycles. The fraction of sp³-hybridized carbons (Fsp3) is 0.538. The Hall–Kier alpha value is -1.06. The molecule has 88 valence electrons. The van der Waals surface area contributed by atoms with E-state index in [1.54, 1.807) is 0 Å². The van der Waals surface area contributed by atoms with Gasteiger partial charge in [-0.2, -0.15) is 0 Å². The average molecular weight is 221 g/mol. The predicted octanol–water partition coefficient (Wildman–Crippen LogP) is 1.52. The molecule has 1 aliphatic rings. The molecule has 0 aromatic heterocycles. The van der Waals surface area contributed by atoms with E-state index in [2.05, 4.69) is 18.3 Å². The molecule has 16 heavy (non-hydrogen) atoms. The van der Waals surface area contributed by atoms with Gasteiger partial charge in [0, 0.05) is 24.1 Å². The zero-order chi connectivity index (χ0) is 11.4. The smallest absolute Gasteiger partial charge is 0.122 e. The van der Waals surface area contributed by atoms with E-state index in [0.717, 1.165) is 25.3 Å². The molecule has 0 saturated heterocycles. The lowest BCUT2D eigenvalue weighted by molar-refractivity contribution is 0.233. The van der Waals surface area contributed by atoms with E-state index in [1.165, 1.54) is 5.56 Å². The highest BCUT2D eigenvalue weighted by molar-refractivity contribution is 5.39. The van der Waals surface area contributed by atoms with Gasteiger partial charge in [0.1, 0.15) is 5.75 Å². The summed E-state index contributed by atoms with van der Waals surface area (Å²) in [6.07, 6.45) is 0.950. The quantitative estimate of drug-likeness (QED) is 0.792. The summed E-state index contributed by atoms with van der Waals surface area (Å²) in [6.45, 7) is 3.89. The number of para-hydroxylation sites is 1. The number of nitrogens with one attached hydrogen (secondary N) is 1. The van der Waals surface area contributed by atoms with Crippen LogP contribution in [0.3, 0.4) is 0 Å². The molecule has 0 radical (unpaired) electrons. The molecule has 2 rings (SSSR count). The number of aliphatic hydroxyl groups is 1. The summed E-state index contributed by atoms with van der Waals surface area (Å²) in [6, 6.07) is 8.38. The van der Waals surface area contributed by atoms with Crippen LogP contribution in [0.5, 0.6) is 5.75 Å². The number of hydrogen-bond donors (Lipinski definition) is 2. The van der Waals surface area contributed by atoms with Gasteiger partial charge in [0.05, 0.1) is 13.2 Å². The third-order valence-electron chi connectivity index (χ3n) is 3.16. The summed E-state index contributed by atoms with van der Waals surface area (Å²) < 4.78 is 5.61. The maximum atomic E-state index is 9.10. The molecular formula is C13H19NO2. The van der Waals surface area contributed by atoms with Gasteiger partial charge in [-0.15, -0.1) is 0 Å². The Morgan fingerprint density at radius 1 is 1.50 bits per heavy atom. The van der Waals surface area contributed by atoms with Crippen molar-refractivity contribution in [1.29, 1.82) is 0 Å². The Bertz CT molecular complexity index is 336. The third-order valence-corrected chi connectivity index (χ3v) is 3.16. The minimum Gasteiger partial charge on any atom is -0.493 e. The molecule has 0 aliphatic carbocycles. The van der Waals surface area contributed by atoms with Crippen molar-refractivity contribution in [3.05, 3.63) is 29.8 Å². The molecule has 0 bridgehead atoms. The lowest BCUT2D eigenvalue weighted by Gasteiger charge is -2.16. The SMILES string of the molecule is CCC(CO)NCC1COc2ccccc21. The molecule has 3 heteroatoms. The molecule has 1 aromatic carbocycles. The van der Waals surface area contributed by atoms with Crippen molar-refractivity contribution in [1.82, 2.24) is 5.32 Å². The maximum absolute atomic E-state index is 9.10. The molecule has 0 fully saturated rings. The van der Waals surface area contributed by atoms with Crippen LogP contribution in [-0.4, -0.2) is 30.9 Å². The van der Waals surface area contributed by atoms with Crippen molar-refractivity contribution in [2.24, 2.45) is 0 Å². The van der Waals surface area contributed by atoms with E-state index in [4.69, 9.17) is 9.84 Å². The summed E-state index contributed by atoms with van der Waals surface area (Å²) in [7, 11) is 0. The van der Waals surface area contributed by atoms with Gasteiger partial charge in [-0.1, -0.05) is 25.1 Å². The molecule has 0 saturated carbocycles. The number of rotatable bonds is 5. The highest BCUT2D eigenvalue weighted by Gasteiger charge is 2.23. The second-order valence-corrected chi connectivity index (χ2v) is 4.24. The topological polar surface area (TPSA) is 41.5 Å². The maximum Gasteiger partial charge on any atom is 0.122 e. The molecule has 2 unspecified atom stereocenters. The van der Waals surface area contributed by atoms with Crippen LogP contribution in [0.25, 0.3) is 0 Å². The Morgan fingerprint density at radius 2 is 2.31 bits per heavy atom. The first-order valence-corrected chi connectivity index (χ1v) is 5.91. The minimum absolute atomic E-state index is 0.200. The van der Waals surface area contributed by atoms with Gasteiger partial charge >= 0.3 is 0 Å². The Kier molecular flexibility index (Phi) is 3.80. The highest BCUT2D eigenvalue weighted by atomic mass is 16.5. The van der Waals surface area contributed by atoms with E-state index in [9.17, 15) is 0 Å². The Balaban J connectivity index is 1.93. The van der Waals surface area contributed by atoms with Crippen molar-refractivity contribution in [2.45, 2.75) is 25.3 Å². The minimum atomic E-state index is 0.200. The van der Waals surface area contributed by atoms with Crippen LogP contribution in [0.15, 0.2) is 24.3 Å². The van der Waals surface area contributed by atoms with Gasteiger partial charge in [-0.05, 0) is 12.5 Å². The van der Waals surface area contributed by atoms with Gasteiger partial charge < -0.3 is 15.2 Å². The van der Waals surface area contributed by atoms with Gasteiger partial charge in [0.15, 0.2) is 0 Å². The Labute approximate surface area is 96.4 Å². The summed E-state index contributed by atoms with van der Waals surface area (Å²) in [5, 5.41) is 12.5. The van der Waals surface area contributed by atoms with Gasteiger partial charge in [0.2, 0.25) is 0 Å². The van der Waals surface area contributed by atoms with Crippen LogP contribution in [0, 0.1) is 0 Å². The lowest BCUT2D eigenvalue weighted by atomic mass is 10.0. The van der Waals surface area contributed by atoms with Crippen LogP contribution >= 0.6 is 0 Å². The molecule has 3 nitrogen and oxygen atoms in total. The zero-order valence-electron chi connectivity index (χ0n) is 9.65. The fourth-order valence-electron chi connectivity index (χ4n) is 2.05. The molecule has 1 aromatic rings. The largest absolute Gasteiger partial charge is 0.493 e. The van der Waals surface area contributed by atoms with E-state index in [-0.39, 0.29) is 12.6 Å². The predicted molar refractivity (Wildman–Crippen MR) is 63.8 cm³/mol. The Morgan fingerprint density at radius 3 is 3.06 bits per heavy atom. The first-order valence-electron chi connectivity index (χ1n) is 5.91. The van der Waals surface area contributed by atoms with E-state index in [0.29, 0.717) is 5.92 Å². The van der Waals surface area contributed by atoms with Gasteiger partial charge in [0.25, 0.3) is 0 Å². The average Bonchev–Trinajstić information content (AvgIpc) is 2.74. The number of ether oxygens (including phenoxy) is 1. The van der Waals surface area contributed by atoms with Crippen molar-refractivity contribution >= 4 is 0 Å². The van der Waals surface area contributed by atoms with E-state index in [1.807, 2.05) is 18.2 Å². The van der Waals surface area contributed by atoms with Crippen molar-refractivity contribution in [2.75, 3.05) is 19.8 Å². The molecule has 2 N–H and O–H groups in total. The highest BCUT2D eigenvalue weighted by Crippen LogP contribution is 2.32. The third kappa shape index (κ3) is 2.36. The summed E-state index contributed by atoms with van der Waals surface area (Å²) in [4.78, 5) is 0. The normalized spacial score (nSPS) is 20.2.